The maximum Gasteiger partial charge on any atom is 0.0597 e. The van der Waals surface area contributed by atoms with Crippen molar-refractivity contribution in [1.29, 1.82) is 0 Å². The molecule has 1 saturated carbocycles. The zero-order chi connectivity index (χ0) is 17.4. The van der Waals surface area contributed by atoms with Gasteiger partial charge in [-0.25, -0.2) is 0 Å². The maximum atomic E-state index is 6.11. The number of rotatable bonds is 6. The van der Waals surface area contributed by atoms with Crippen molar-refractivity contribution in [3.05, 3.63) is 17.5 Å². The molecule has 0 amide bonds. The van der Waals surface area contributed by atoms with Crippen molar-refractivity contribution < 1.29 is 4.74 Å². The third kappa shape index (κ3) is 3.93. The van der Waals surface area contributed by atoms with E-state index >= 15 is 0 Å². The molecule has 3 aliphatic rings. The lowest BCUT2D eigenvalue weighted by Gasteiger charge is -2.42. The van der Waals surface area contributed by atoms with Crippen molar-refractivity contribution in [2.24, 2.45) is 24.3 Å². The van der Waals surface area contributed by atoms with Crippen LogP contribution in [-0.2, 0) is 18.3 Å². The summed E-state index contributed by atoms with van der Waals surface area (Å²) in [6, 6.07) is 2.22. The van der Waals surface area contributed by atoms with E-state index in [-0.39, 0.29) is 0 Å². The average Bonchev–Trinajstić information content (AvgIpc) is 3.27. The molecule has 5 nitrogen and oxygen atoms in total. The average molecular weight is 347 g/mol. The zero-order valence-corrected chi connectivity index (χ0v) is 16.2. The van der Waals surface area contributed by atoms with Gasteiger partial charge in [0.1, 0.15) is 0 Å². The van der Waals surface area contributed by atoms with Crippen LogP contribution in [0.15, 0.2) is 6.07 Å². The number of hydrogen-bond acceptors (Lipinski definition) is 4. The summed E-state index contributed by atoms with van der Waals surface area (Å²) in [6.07, 6.45) is 5.40. The minimum atomic E-state index is 0.483. The Bertz CT molecular complexity index is 587. The molecule has 0 bridgehead atoms. The summed E-state index contributed by atoms with van der Waals surface area (Å²) in [6.45, 7) is 9.97. The smallest absolute Gasteiger partial charge is 0.0597 e. The van der Waals surface area contributed by atoms with E-state index < -0.39 is 0 Å². The first-order chi connectivity index (χ1) is 12.0. The van der Waals surface area contributed by atoms with Crippen LogP contribution in [0, 0.1) is 24.2 Å². The molecule has 140 valence electrons. The monoisotopic (exact) mass is 346 g/mol. The lowest BCUT2D eigenvalue weighted by atomic mass is 9.71. The fraction of sp³-hybridized carbons (Fsp3) is 0.850. The Morgan fingerprint density at radius 3 is 2.60 bits per heavy atom. The Kier molecular flexibility index (Phi) is 4.91. The first-order valence-corrected chi connectivity index (χ1v) is 10.0. The molecule has 1 spiro atoms. The number of hydrogen-bond donors (Lipinski definition) is 0. The summed E-state index contributed by atoms with van der Waals surface area (Å²) in [4.78, 5) is 5.15. The second-order valence-corrected chi connectivity index (χ2v) is 8.91. The molecular weight excluding hydrogens is 312 g/mol. The van der Waals surface area contributed by atoms with Gasteiger partial charge in [-0.3, -0.25) is 9.58 Å². The van der Waals surface area contributed by atoms with Crippen molar-refractivity contribution >= 4 is 0 Å². The van der Waals surface area contributed by atoms with Crippen molar-refractivity contribution in [1.82, 2.24) is 19.6 Å². The summed E-state index contributed by atoms with van der Waals surface area (Å²) in [5.74, 6) is 1.59. The van der Waals surface area contributed by atoms with Gasteiger partial charge in [0.2, 0.25) is 0 Å². The molecule has 3 heterocycles. The van der Waals surface area contributed by atoms with E-state index in [1.54, 1.807) is 0 Å². The van der Waals surface area contributed by atoms with Gasteiger partial charge in [-0.05, 0) is 70.1 Å². The van der Waals surface area contributed by atoms with Gasteiger partial charge >= 0.3 is 0 Å². The van der Waals surface area contributed by atoms with E-state index in [1.807, 2.05) is 4.68 Å². The highest BCUT2D eigenvalue weighted by Crippen LogP contribution is 2.44. The van der Waals surface area contributed by atoms with E-state index in [9.17, 15) is 0 Å². The Hall–Kier alpha value is -0.910. The van der Waals surface area contributed by atoms with Gasteiger partial charge in [-0.1, -0.05) is 0 Å². The van der Waals surface area contributed by atoms with Crippen LogP contribution >= 0.6 is 0 Å². The number of aromatic nitrogens is 2. The van der Waals surface area contributed by atoms with Crippen LogP contribution in [0.2, 0.25) is 0 Å². The largest absolute Gasteiger partial charge is 0.381 e. The first-order valence-electron chi connectivity index (χ1n) is 10.0. The topological polar surface area (TPSA) is 33.5 Å². The van der Waals surface area contributed by atoms with Gasteiger partial charge in [-0.15, -0.1) is 0 Å². The molecule has 3 fully saturated rings. The van der Waals surface area contributed by atoms with E-state index in [1.165, 1.54) is 57.6 Å². The zero-order valence-electron chi connectivity index (χ0n) is 16.2. The quantitative estimate of drug-likeness (QED) is 0.791. The molecule has 1 unspecified atom stereocenters. The molecule has 1 aromatic rings. The molecule has 25 heavy (non-hydrogen) atoms. The van der Waals surface area contributed by atoms with Crippen LogP contribution in [0.3, 0.4) is 0 Å². The van der Waals surface area contributed by atoms with Gasteiger partial charge in [0.25, 0.3) is 0 Å². The number of ether oxygens (including phenoxy) is 1. The fourth-order valence-corrected chi connectivity index (χ4v) is 4.96. The molecule has 5 heteroatoms. The van der Waals surface area contributed by atoms with E-state index in [0.717, 1.165) is 37.3 Å². The predicted octanol–water partition coefficient (Wildman–Crippen LogP) is 2.30. The Morgan fingerprint density at radius 1 is 1.20 bits per heavy atom. The van der Waals surface area contributed by atoms with Crippen LogP contribution in [0.1, 0.15) is 37.1 Å². The molecule has 1 aliphatic carbocycles. The molecule has 2 saturated heterocycles. The van der Waals surface area contributed by atoms with Crippen LogP contribution in [0.4, 0.5) is 0 Å². The number of aryl methyl sites for hydroxylation is 2. The number of nitrogens with zero attached hydrogens (tertiary/aromatic N) is 4. The van der Waals surface area contributed by atoms with Crippen molar-refractivity contribution in [2.75, 3.05) is 46.4 Å². The first kappa shape index (κ1) is 17.5. The minimum Gasteiger partial charge on any atom is -0.381 e. The summed E-state index contributed by atoms with van der Waals surface area (Å²) < 4.78 is 8.15. The van der Waals surface area contributed by atoms with Crippen LogP contribution in [0.5, 0.6) is 0 Å². The third-order valence-corrected chi connectivity index (χ3v) is 6.69. The van der Waals surface area contributed by atoms with Gasteiger partial charge in [0.05, 0.1) is 18.0 Å². The molecule has 0 aromatic carbocycles. The molecule has 4 rings (SSSR count). The Balaban J connectivity index is 1.32. The molecule has 1 aromatic heterocycles. The van der Waals surface area contributed by atoms with E-state index in [2.05, 4.69) is 42.0 Å². The summed E-state index contributed by atoms with van der Waals surface area (Å²) >= 11 is 0. The summed E-state index contributed by atoms with van der Waals surface area (Å²) in [5, 5.41) is 4.49. The number of likely N-dealkylation sites (tertiary alicyclic amines) is 2. The van der Waals surface area contributed by atoms with Crippen LogP contribution < -0.4 is 0 Å². The van der Waals surface area contributed by atoms with Crippen LogP contribution in [0.25, 0.3) is 0 Å². The molecular formula is C20H34N4O. The van der Waals surface area contributed by atoms with Gasteiger partial charge in [-0.2, -0.15) is 5.10 Å². The normalized spacial score (nSPS) is 27.4. The Labute approximate surface area is 152 Å². The standard InChI is InChI=1S/C20H34N4O/c1-16-10-19(23(3)21-16)12-24-8-6-20(7-9-24)15-22(2)11-18(20)14-25-13-17-4-5-17/h10,17-18H,4-9,11-15H2,1-3H3. The lowest BCUT2D eigenvalue weighted by molar-refractivity contribution is 0.0163. The van der Waals surface area contributed by atoms with Crippen molar-refractivity contribution in [3.8, 4) is 0 Å². The lowest BCUT2D eigenvalue weighted by Crippen LogP contribution is -2.45. The van der Waals surface area contributed by atoms with E-state index in [4.69, 9.17) is 4.74 Å². The Morgan fingerprint density at radius 2 is 1.96 bits per heavy atom. The van der Waals surface area contributed by atoms with Crippen molar-refractivity contribution in [3.63, 3.8) is 0 Å². The highest BCUT2D eigenvalue weighted by Gasteiger charge is 2.47. The highest BCUT2D eigenvalue weighted by molar-refractivity contribution is 5.09. The molecule has 1 atom stereocenters. The SMILES string of the molecule is Cc1cc(CN2CCC3(CC2)CN(C)CC3COCC2CC2)n(C)n1. The molecule has 0 N–H and O–H groups in total. The third-order valence-electron chi connectivity index (χ3n) is 6.69. The summed E-state index contributed by atoms with van der Waals surface area (Å²) in [5.41, 5.74) is 2.94. The second kappa shape index (κ2) is 7.01. The van der Waals surface area contributed by atoms with Gasteiger partial charge in [0.15, 0.2) is 0 Å². The van der Waals surface area contributed by atoms with E-state index in [0.29, 0.717) is 5.41 Å². The van der Waals surface area contributed by atoms with Gasteiger partial charge < -0.3 is 9.64 Å². The van der Waals surface area contributed by atoms with Crippen molar-refractivity contribution in [2.45, 2.75) is 39.2 Å². The van der Waals surface area contributed by atoms with Gasteiger partial charge in [0, 0.05) is 39.2 Å². The number of piperidine rings is 1. The summed E-state index contributed by atoms with van der Waals surface area (Å²) in [7, 11) is 4.35. The maximum absolute atomic E-state index is 6.11. The highest BCUT2D eigenvalue weighted by atomic mass is 16.5. The molecule has 2 aliphatic heterocycles. The van der Waals surface area contributed by atoms with Crippen LogP contribution in [-0.4, -0.2) is 66.0 Å². The molecule has 0 radical (unpaired) electrons. The minimum absolute atomic E-state index is 0.483. The predicted molar refractivity (Wildman–Crippen MR) is 99.4 cm³/mol. The second-order valence-electron chi connectivity index (χ2n) is 8.91. The fourth-order valence-electron chi connectivity index (χ4n) is 4.96.